The molecule has 1 N–H and O–H groups in total. The van der Waals surface area contributed by atoms with Gasteiger partial charge >= 0.3 is 5.97 Å². The molecule has 124 valence electrons. The number of carbonyl (C=O) groups is 1. The molecule has 0 aliphatic rings. The first-order chi connectivity index (χ1) is 11.1. The van der Waals surface area contributed by atoms with Gasteiger partial charge in [0.2, 0.25) is 0 Å². The van der Waals surface area contributed by atoms with Gasteiger partial charge in [0.1, 0.15) is 6.61 Å². The number of aliphatic carboxylic acids is 1. The number of methoxy groups -OCH3 is 1. The molecular formula is C17H21NO4S. The summed E-state index contributed by atoms with van der Waals surface area (Å²) in [5.74, 6) is 0.520. The van der Waals surface area contributed by atoms with Crippen molar-refractivity contribution in [3.05, 3.63) is 46.2 Å². The molecule has 2 rings (SSSR count). The summed E-state index contributed by atoms with van der Waals surface area (Å²) in [5, 5.41) is 10.9. The molecule has 0 spiro atoms. The van der Waals surface area contributed by atoms with Crippen molar-refractivity contribution in [3.63, 3.8) is 0 Å². The molecule has 0 unspecified atom stereocenters. The molecule has 0 bridgehead atoms. The summed E-state index contributed by atoms with van der Waals surface area (Å²) in [4.78, 5) is 13.8. The number of benzene rings is 1. The van der Waals surface area contributed by atoms with Crippen LogP contribution in [0, 0.1) is 0 Å². The van der Waals surface area contributed by atoms with Gasteiger partial charge in [-0.3, -0.25) is 9.69 Å². The van der Waals surface area contributed by atoms with Crippen LogP contribution in [0.15, 0.2) is 35.7 Å². The fourth-order valence-corrected chi connectivity index (χ4v) is 2.82. The standard InChI is InChI=1S/C17H21NO4S/c1-3-18(11-17(19)20)10-13-6-7-15(16(9-13)21-2)22-12-14-5-4-8-23-14/h4-9H,3,10-12H2,1-2H3,(H,19,20). The molecule has 5 nitrogen and oxygen atoms in total. The molecule has 1 heterocycles. The minimum atomic E-state index is -0.824. The Kier molecular flexibility index (Phi) is 6.43. The van der Waals surface area contributed by atoms with Crippen molar-refractivity contribution in [2.24, 2.45) is 0 Å². The molecule has 23 heavy (non-hydrogen) atoms. The Labute approximate surface area is 140 Å². The first kappa shape index (κ1) is 17.3. The Hall–Kier alpha value is -2.05. The summed E-state index contributed by atoms with van der Waals surface area (Å²) in [6.07, 6.45) is 0. The highest BCUT2D eigenvalue weighted by Gasteiger charge is 2.11. The van der Waals surface area contributed by atoms with Gasteiger partial charge in [-0.1, -0.05) is 19.1 Å². The van der Waals surface area contributed by atoms with Crippen LogP contribution in [0.3, 0.4) is 0 Å². The summed E-state index contributed by atoms with van der Waals surface area (Å²) in [7, 11) is 1.60. The largest absolute Gasteiger partial charge is 0.493 e. The number of nitrogens with zero attached hydrogens (tertiary/aromatic N) is 1. The summed E-state index contributed by atoms with van der Waals surface area (Å²) in [6, 6.07) is 9.73. The SMILES string of the molecule is CCN(CC(=O)O)Cc1ccc(OCc2cccs2)c(OC)c1. The maximum absolute atomic E-state index is 10.8. The van der Waals surface area contributed by atoms with Crippen molar-refractivity contribution in [2.75, 3.05) is 20.2 Å². The Morgan fingerprint density at radius 1 is 1.30 bits per heavy atom. The van der Waals surface area contributed by atoms with Crippen molar-refractivity contribution in [3.8, 4) is 11.5 Å². The summed E-state index contributed by atoms with van der Waals surface area (Å²) < 4.78 is 11.2. The molecule has 0 aliphatic carbocycles. The fraction of sp³-hybridized carbons (Fsp3) is 0.353. The normalized spacial score (nSPS) is 10.7. The zero-order valence-corrected chi connectivity index (χ0v) is 14.1. The molecule has 1 aromatic carbocycles. The third-order valence-corrected chi connectivity index (χ3v) is 4.24. The maximum Gasteiger partial charge on any atom is 0.317 e. The summed E-state index contributed by atoms with van der Waals surface area (Å²) in [5.41, 5.74) is 0.994. The van der Waals surface area contributed by atoms with E-state index >= 15 is 0 Å². The van der Waals surface area contributed by atoms with Crippen LogP contribution in [-0.2, 0) is 17.9 Å². The lowest BCUT2D eigenvalue weighted by molar-refractivity contribution is -0.138. The van der Waals surface area contributed by atoms with Gasteiger partial charge in [-0.15, -0.1) is 11.3 Å². The second kappa shape index (κ2) is 8.55. The molecule has 1 aromatic heterocycles. The van der Waals surface area contributed by atoms with Gasteiger partial charge in [0.25, 0.3) is 0 Å². The Morgan fingerprint density at radius 3 is 2.74 bits per heavy atom. The predicted molar refractivity (Wildman–Crippen MR) is 90.2 cm³/mol. The fourth-order valence-electron chi connectivity index (χ4n) is 2.20. The smallest absolute Gasteiger partial charge is 0.317 e. The van der Waals surface area contributed by atoms with E-state index in [0.29, 0.717) is 31.2 Å². The first-order valence-corrected chi connectivity index (χ1v) is 8.26. The molecule has 0 saturated heterocycles. The quantitative estimate of drug-likeness (QED) is 0.762. The van der Waals surface area contributed by atoms with Gasteiger partial charge in [0, 0.05) is 11.4 Å². The van der Waals surface area contributed by atoms with Crippen molar-refractivity contribution in [1.82, 2.24) is 4.90 Å². The van der Waals surface area contributed by atoms with E-state index in [2.05, 4.69) is 0 Å². The second-order valence-corrected chi connectivity index (χ2v) is 6.08. The Morgan fingerprint density at radius 2 is 2.13 bits per heavy atom. The van der Waals surface area contributed by atoms with Crippen molar-refractivity contribution < 1.29 is 19.4 Å². The minimum absolute atomic E-state index is 0.0233. The van der Waals surface area contributed by atoms with Crippen LogP contribution < -0.4 is 9.47 Å². The number of ether oxygens (including phenoxy) is 2. The maximum atomic E-state index is 10.8. The van der Waals surface area contributed by atoms with Crippen LogP contribution in [0.2, 0.25) is 0 Å². The van der Waals surface area contributed by atoms with Gasteiger partial charge in [-0.25, -0.2) is 0 Å². The highest BCUT2D eigenvalue weighted by Crippen LogP contribution is 2.29. The molecule has 0 radical (unpaired) electrons. The molecule has 0 fully saturated rings. The number of likely N-dealkylation sites (N-methyl/N-ethyl adjacent to an activating group) is 1. The zero-order chi connectivity index (χ0) is 16.7. The summed E-state index contributed by atoms with van der Waals surface area (Å²) in [6.45, 7) is 3.71. The Bertz CT molecular complexity index is 628. The van der Waals surface area contributed by atoms with Crippen LogP contribution in [0.4, 0.5) is 0 Å². The van der Waals surface area contributed by atoms with Crippen molar-refractivity contribution in [2.45, 2.75) is 20.1 Å². The molecule has 2 aromatic rings. The minimum Gasteiger partial charge on any atom is -0.493 e. The highest BCUT2D eigenvalue weighted by atomic mass is 32.1. The van der Waals surface area contributed by atoms with E-state index in [9.17, 15) is 4.79 Å². The Balaban J connectivity index is 2.04. The lowest BCUT2D eigenvalue weighted by atomic mass is 10.2. The van der Waals surface area contributed by atoms with E-state index in [-0.39, 0.29) is 6.54 Å². The van der Waals surface area contributed by atoms with E-state index in [1.807, 2.05) is 47.5 Å². The molecule has 6 heteroatoms. The molecule has 0 amide bonds. The van der Waals surface area contributed by atoms with Gasteiger partial charge in [0.05, 0.1) is 13.7 Å². The number of rotatable bonds is 9. The predicted octanol–water partition coefficient (Wildman–Crippen LogP) is 3.24. The van der Waals surface area contributed by atoms with Crippen molar-refractivity contribution in [1.29, 1.82) is 0 Å². The number of hydrogen-bond donors (Lipinski definition) is 1. The molecule has 0 saturated carbocycles. The average Bonchev–Trinajstić information content (AvgIpc) is 3.05. The lowest BCUT2D eigenvalue weighted by Gasteiger charge is -2.19. The van der Waals surface area contributed by atoms with Crippen LogP contribution in [0.5, 0.6) is 11.5 Å². The zero-order valence-electron chi connectivity index (χ0n) is 13.3. The van der Waals surface area contributed by atoms with Crippen LogP contribution in [0.1, 0.15) is 17.4 Å². The topological polar surface area (TPSA) is 59.0 Å². The second-order valence-electron chi connectivity index (χ2n) is 5.05. The van der Waals surface area contributed by atoms with Crippen LogP contribution in [-0.4, -0.2) is 36.2 Å². The molecule has 0 aliphatic heterocycles. The third-order valence-electron chi connectivity index (χ3n) is 3.39. The summed E-state index contributed by atoms with van der Waals surface area (Å²) >= 11 is 1.65. The van der Waals surface area contributed by atoms with Gasteiger partial charge in [0.15, 0.2) is 11.5 Å². The number of carboxylic acids is 1. The van der Waals surface area contributed by atoms with E-state index < -0.39 is 5.97 Å². The monoisotopic (exact) mass is 335 g/mol. The average molecular weight is 335 g/mol. The number of hydrogen-bond acceptors (Lipinski definition) is 5. The first-order valence-electron chi connectivity index (χ1n) is 7.38. The molecule has 0 atom stereocenters. The van der Waals surface area contributed by atoms with Crippen LogP contribution in [0.25, 0.3) is 0 Å². The van der Waals surface area contributed by atoms with E-state index in [1.54, 1.807) is 18.4 Å². The lowest BCUT2D eigenvalue weighted by Crippen LogP contribution is -2.29. The van der Waals surface area contributed by atoms with Gasteiger partial charge < -0.3 is 14.6 Å². The number of carboxylic acid groups (broad SMARTS) is 1. The van der Waals surface area contributed by atoms with Crippen LogP contribution >= 0.6 is 11.3 Å². The van der Waals surface area contributed by atoms with Gasteiger partial charge in [-0.05, 0) is 35.7 Å². The van der Waals surface area contributed by atoms with E-state index in [1.165, 1.54) is 0 Å². The van der Waals surface area contributed by atoms with Crippen molar-refractivity contribution >= 4 is 17.3 Å². The molecular weight excluding hydrogens is 314 g/mol. The van der Waals surface area contributed by atoms with E-state index in [4.69, 9.17) is 14.6 Å². The number of thiophene rings is 1. The van der Waals surface area contributed by atoms with Gasteiger partial charge in [-0.2, -0.15) is 0 Å². The van der Waals surface area contributed by atoms with E-state index in [0.717, 1.165) is 10.4 Å². The highest BCUT2D eigenvalue weighted by molar-refractivity contribution is 7.09. The third kappa shape index (κ3) is 5.26.